The van der Waals surface area contributed by atoms with Gasteiger partial charge in [0.25, 0.3) is 0 Å². The van der Waals surface area contributed by atoms with Crippen molar-refractivity contribution < 1.29 is 0 Å². The van der Waals surface area contributed by atoms with Crippen molar-refractivity contribution in [2.24, 2.45) is 15.8 Å². The maximum absolute atomic E-state index is 4.30. The molecule has 1 aliphatic rings. The van der Waals surface area contributed by atoms with Gasteiger partial charge in [0.15, 0.2) is 7.28 Å². The third kappa shape index (κ3) is 3.88. The summed E-state index contributed by atoms with van der Waals surface area (Å²) in [5.74, 6) is 0.947. The zero-order valence-corrected chi connectivity index (χ0v) is 14.0. The van der Waals surface area contributed by atoms with Crippen molar-refractivity contribution >= 4 is 13.1 Å². The van der Waals surface area contributed by atoms with Gasteiger partial charge in [-0.25, -0.2) is 0 Å². The predicted octanol–water partition coefficient (Wildman–Crippen LogP) is 4.16. The summed E-state index contributed by atoms with van der Waals surface area (Å²) in [5, 5.41) is 3.18. The minimum absolute atomic E-state index is 0.250. The minimum Gasteiger partial charge on any atom is -0.346 e. The summed E-state index contributed by atoms with van der Waals surface area (Å²) in [6.07, 6.45) is 9.34. The Morgan fingerprint density at radius 1 is 1.30 bits per heavy atom. The molecule has 109 valence electrons. The first-order valence-electron chi connectivity index (χ1n) is 7.33. The molecule has 1 heterocycles. The number of allylic oxidation sites excluding steroid dienone is 3. The molecule has 0 fully saturated rings. The van der Waals surface area contributed by atoms with Gasteiger partial charge >= 0.3 is 0 Å². The first kappa shape index (κ1) is 16.8. The molecule has 1 aliphatic heterocycles. The Morgan fingerprint density at radius 3 is 2.45 bits per heavy atom. The van der Waals surface area contributed by atoms with Crippen molar-refractivity contribution in [3.8, 4) is 0 Å². The van der Waals surface area contributed by atoms with E-state index in [1.54, 1.807) is 0 Å². The van der Waals surface area contributed by atoms with Gasteiger partial charge in [-0.3, -0.25) is 4.99 Å². The predicted molar refractivity (Wildman–Crippen MR) is 91.3 cm³/mol. The van der Waals surface area contributed by atoms with Crippen LogP contribution >= 0.6 is 0 Å². The largest absolute Gasteiger partial charge is 0.346 e. The summed E-state index contributed by atoms with van der Waals surface area (Å²) in [6.45, 7) is 13.6. The first-order chi connectivity index (χ1) is 9.23. The van der Waals surface area contributed by atoms with Gasteiger partial charge in [0.05, 0.1) is 0 Å². The highest BCUT2D eigenvalue weighted by atomic mass is 15.0. The van der Waals surface area contributed by atoms with Gasteiger partial charge in [-0.05, 0) is 23.8 Å². The molecule has 0 saturated carbocycles. The highest BCUT2D eigenvalue weighted by Gasteiger charge is 2.32. The van der Waals surface area contributed by atoms with Gasteiger partial charge in [-0.1, -0.05) is 58.6 Å². The summed E-state index contributed by atoms with van der Waals surface area (Å²) in [7, 11) is 4.16. The Bertz CT molecular complexity index is 460. The van der Waals surface area contributed by atoms with Crippen molar-refractivity contribution in [2.75, 3.05) is 7.05 Å². The molecule has 0 aliphatic carbocycles. The zero-order valence-electron chi connectivity index (χ0n) is 14.0. The maximum Gasteiger partial charge on any atom is 0.153 e. The van der Waals surface area contributed by atoms with Crippen molar-refractivity contribution in [3.05, 3.63) is 35.5 Å². The van der Waals surface area contributed by atoms with Gasteiger partial charge in [0, 0.05) is 18.8 Å². The molecule has 0 atom stereocenters. The van der Waals surface area contributed by atoms with Gasteiger partial charge in [0.2, 0.25) is 0 Å². The monoisotopic (exact) mass is 271 g/mol. The van der Waals surface area contributed by atoms with Crippen molar-refractivity contribution in [3.63, 3.8) is 0 Å². The highest BCUT2D eigenvalue weighted by Crippen LogP contribution is 2.41. The summed E-state index contributed by atoms with van der Waals surface area (Å²) in [6, 6.07) is 0. The maximum atomic E-state index is 4.30. The second-order valence-electron chi connectivity index (χ2n) is 6.96. The lowest BCUT2D eigenvalue weighted by molar-refractivity contribution is 0.156. The standard InChI is InChI=1S/C17H28BN2/c1-8-9-14(13-10-11-20-15(13)19-7)18-12-17(5,6)16(2,3)4/h8-11H,12H2,1-7H3,(H,19,20)/b9-8+,14-13+. The van der Waals surface area contributed by atoms with E-state index in [0.717, 1.165) is 12.2 Å². The lowest BCUT2D eigenvalue weighted by atomic mass is 9.52. The highest BCUT2D eigenvalue weighted by molar-refractivity contribution is 6.48. The minimum atomic E-state index is 0.250. The fourth-order valence-electron chi connectivity index (χ4n) is 1.90. The van der Waals surface area contributed by atoms with Gasteiger partial charge < -0.3 is 5.32 Å². The molecule has 0 spiro atoms. The van der Waals surface area contributed by atoms with Crippen LogP contribution in [0.3, 0.4) is 0 Å². The zero-order chi connectivity index (χ0) is 15.4. The topological polar surface area (TPSA) is 24.4 Å². The molecule has 20 heavy (non-hydrogen) atoms. The molecule has 1 N–H and O–H groups in total. The first-order valence-corrected chi connectivity index (χ1v) is 7.33. The smallest absolute Gasteiger partial charge is 0.153 e. The number of hydrogen-bond donors (Lipinski definition) is 1. The molecule has 1 radical (unpaired) electrons. The second-order valence-corrected chi connectivity index (χ2v) is 6.96. The molecular weight excluding hydrogens is 243 g/mol. The average molecular weight is 271 g/mol. The van der Waals surface area contributed by atoms with Crippen LogP contribution in [0, 0.1) is 10.8 Å². The normalized spacial score (nSPS) is 20.6. The molecule has 0 bridgehead atoms. The van der Waals surface area contributed by atoms with Crippen molar-refractivity contribution in [1.29, 1.82) is 0 Å². The fourth-order valence-corrected chi connectivity index (χ4v) is 1.90. The van der Waals surface area contributed by atoms with E-state index >= 15 is 0 Å². The van der Waals surface area contributed by atoms with Crippen LogP contribution in [0.2, 0.25) is 6.32 Å². The summed E-state index contributed by atoms with van der Waals surface area (Å²) in [4.78, 5) is 4.30. The van der Waals surface area contributed by atoms with E-state index in [9.17, 15) is 0 Å². The number of nitrogens with zero attached hydrogens (tertiary/aromatic N) is 1. The van der Waals surface area contributed by atoms with E-state index in [1.807, 2.05) is 13.2 Å². The Morgan fingerprint density at radius 2 is 1.95 bits per heavy atom. The Kier molecular flexibility index (Phi) is 5.44. The van der Waals surface area contributed by atoms with E-state index in [2.05, 4.69) is 77.4 Å². The van der Waals surface area contributed by atoms with Gasteiger partial charge in [0.1, 0.15) is 5.84 Å². The van der Waals surface area contributed by atoms with Crippen molar-refractivity contribution in [1.82, 2.24) is 5.32 Å². The fraction of sp³-hybridized carbons (Fsp3) is 0.588. The van der Waals surface area contributed by atoms with Crippen molar-refractivity contribution in [2.45, 2.75) is 47.9 Å². The number of hydrogen-bond acceptors (Lipinski definition) is 1. The van der Waals surface area contributed by atoms with E-state index in [1.165, 1.54) is 11.0 Å². The number of rotatable bonds is 4. The number of aliphatic imine (C=N–C) groups is 1. The van der Waals surface area contributed by atoms with Crippen LogP contribution in [-0.2, 0) is 0 Å². The quantitative estimate of drug-likeness (QED) is 0.763. The molecular formula is C17H28BN2. The van der Waals surface area contributed by atoms with Gasteiger partial charge in [-0.15, -0.1) is 0 Å². The summed E-state index contributed by atoms with van der Waals surface area (Å²) in [5.41, 5.74) is 2.95. The third-order valence-electron chi connectivity index (χ3n) is 4.47. The Hall–Kier alpha value is -1.25. The summed E-state index contributed by atoms with van der Waals surface area (Å²) >= 11 is 0. The average Bonchev–Trinajstić information content (AvgIpc) is 2.81. The molecule has 0 saturated heterocycles. The molecule has 0 aromatic rings. The van der Waals surface area contributed by atoms with Crippen LogP contribution < -0.4 is 5.32 Å². The Labute approximate surface area is 125 Å². The van der Waals surface area contributed by atoms with E-state index in [4.69, 9.17) is 0 Å². The van der Waals surface area contributed by atoms with Crippen LogP contribution in [-0.4, -0.2) is 20.2 Å². The summed E-state index contributed by atoms with van der Waals surface area (Å²) < 4.78 is 0. The van der Waals surface area contributed by atoms with Crippen LogP contribution in [0.15, 0.2) is 40.5 Å². The Balaban J connectivity index is 2.96. The van der Waals surface area contributed by atoms with E-state index in [0.29, 0.717) is 0 Å². The molecule has 0 aromatic carbocycles. The van der Waals surface area contributed by atoms with Gasteiger partial charge in [-0.2, -0.15) is 0 Å². The molecule has 0 unspecified atom stereocenters. The van der Waals surface area contributed by atoms with Crippen LogP contribution in [0.25, 0.3) is 0 Å². The molecule has 0 amide bonds. The number of nitrogens with one attached hydrogen (secondary N) is 1. The molecule has 2 nitrogen and oxygen atoms in total. The third-order valence-corrected chi connectivity index (χ3v) is 4.47. The lowest BCUT2D eigenvalue weighted by Crippen LogP contribution is -2.31. The van der Waals surface area contributed by atoms with Crippen LogP contribution in [0.1, 0.15) is 41.5 Å². The molecule has 1 rings (SSSR count). The van der Waals surface area contributed by atoms with Crippen LogP contribution in [0.4, 0.5) is 0 Å². The van der Waals surface area contributed by atoms with E-state index in [-0.39, 0.29) is 10.8 Å². The number of amidine groups is 1. The molecule has 0 aromatic heterocycles. The molecule has 3 heteroatoms. The van der Waals surface area contributed by atoms with Crippen LogP contribution in [0.5, 0.6) is 0 Å². The lowest BCUT2D eigenvalue weighted by Gasteiger charge is -2.39. The second kappa shape index (κ2) is 6.47. The SMILES string of the molecule is C/C=C/C([B]CC(C)(C)C(C)(C)C)=C1/C=CNC1=NC. The van der Waals surface area contributed by atoms with E-state index < -0.39 is 0 Å².